The van der Waals surface area contributed by atoms with Gasteiger partial charge in [0, 0.05) is 13.1 Å². The molecule has 0 atom stereocenters. The van der Waals surface area contributed by atoms with Gasteiger partial charge in [0.15, 0.2) is 5.89 Å². The van der Waals surface area contributed by atoms with E-state index >= 15 is 0 Å². The average Bonchev–Trinajstić information content (AvgIpc) is 2.34. The molecule has 2 heterocycles. The third-order valence-electron chi connectivity index (χ3n) is 2.21. The first-order chi connectivity index (χ1) is 5.90. The molecule has 3 heteroatoms. The second-order valence-electron chi connectivity index (χ2n) is 3.28. The van der Waals surface area contributed by atoms with Crippen LogP contribution in [0.3, 0.4) is 0 Å². The van der Waals surface area contributed by atoms with E-state index in [4.69, 9.17) is 4.42 Å². The van der Waals surface area contributed by atoms with Crippen molar-refractivity contribution in [3.8, 4) is 0 Å². The fourth-order valence-corrected chi connectivity index (χ4v) is 1.34. The van der Waals surface area contributed by atoms with Crippen LogP contribution in [0.5, 0.6) is 0 Å². The van der Waals surface area contributed by atoms with Gasteiger partial charge in [-0.3, -0.25) is 0 Å². The molecule has 66 valence electrons. The van der Waals surface area contributed by atoms with E-state index in [2.05, 4.69) is 17.2 Å². The second kappa shape index (κ2) is 3.27. The normalized spacial score (nSPS) is 17.8. The van der Waals surface area contributed by atoms with E-state index in [0.717, 1.165) is 37.5 Å². The Morgan fingerprint density at radius 3 is 3.08 bits per heavy atom. The third-order valence-corrected chi connectivity index (χ3v) is 2.21. The van der Waals surface area contributed by atoms with E-state index in [-0.39, 0.29) is 0 Å². The molecule has 1 saturated heterocycles. The van der Waals surface area contributed by atoms with Crippen LogP contribution in [-0.2, 0) is 6.42 Å². The summed E-state index contributed by atoms with van der Waals surface area (Å²) < 4.78 is 5.37. The van der Waals surface area contributed by atoms with E-state index < -0.39 is 0 Å². The minimum absolute atomic E-state index is 0.524. The Morgan fingerprint density at radius 1 is 1.67 bits per heavy atom. The topological polar surface area (TPSA) is 38.1 Å². The summed E-state index contributed by atoms with van der Waals surface area (Å²) in [6, 6.07) is 0. The molecule has 0 amide bonds. The zero-order valence-electron chi connectivity index (χ0n) is 7.34. The van der Waals surface area contributed by atoms with E-state index in [9.17, 15) is 0 Å². The molecule has 1 aliphatic rings. The molecule has 1 aliphatic heterocycles. The molecule has 0 radical (unpaired) electrons. The Labute approximate surface area is 72.2 Å². The number of aromatic nitrogens is 1. The van der Waals surface area contributed by atoms with Gasteiger partial charge in [-0.1, -0.05) is 13.3 Å². The maximum Gasteiger partial charge on any atom is 0.199 e. The molecule has 12 heavy (non-hydrogen) atoms. The van der Waals surface area contributed by atoms with Gasteiger partial charge >= 0.3 is 0 Å². The fourth-order valence-electron chi connectivity index (χ4n) is 1.34. The smallest absolute Gasteiger partial charge is 0.199 e. The van der Waals surface area contributed by atoms with E-state index in [1.807, 2.05) is 0 Å². The molecule has 1 fully saturated rings. The standard InChI is InChI=1S/C9H14N2O/c1-2-3-8-6-12-9(11-8)7-4-10-5-7/h6-7,10H,2-5H2,1H3. The maximum atomic E-state index is 5.37. The van der Waals surface area contributed by atoms with E-state index in [1.54, 1.807) is 6.26 Å². The van der Waals surface area contributed by atoms with Gasteiger partial charge in [-0.15, -0.1) is 0 Å². The number of oxazole rings is 1. The Hall–Kier alpha value is -0.830. The molecule has 2 rings (SSSR count). The number of nitrogens with one attached hydrogen (secondary N) is 1. The van der Waals surface area contributed by atoms with Gasteiger partial charge in [0.05, 0.1) is 11.6 Å². The zero-order chi connectivity index (χ0) is 8.39. The summed E-state index contributed by atoms with van der Waals surface area (Å²) in [5, 5.41) is 3.20. The predicted octanol–water partition coefficient (Wildman–Crippen LogP) is 1.31. The van der Waals surface area contributed by atoms with Crippen molar-refractivity contribution in [1.29, 1.82) is 0 Å². The van der Waals surface area contributed by atoms with Gasteiger partial charge in [0.2, 0.25) is 0 Å². The monoisotopic (exact) mass is 166 g/mol. The molecule has 3 nitrogen and oxygen atoms in total. The Bertz CT molecular complexity index is 253. The van der Waals surface area contributed by atoms with E-state index in [1.165, 1.54) is 0 Å². The lowest BCUT2D eigenvalue weighted by molar-refractivity contribution is 0.357. The van der Waals surface area contributed by atoms with Gasteiger partial charge in [0.25, 0.3) is 0 Å². The highest BCUT2D eigenvalue weighted by atomic mass is 16.3. The average molecular weight is 166 g/mol. The van der Waals surface area contributed by atoms with Crippen molar-refractivity contribution in [1.82, 2.24) is 10.3 Å². The van der Waals surface area contributed by atoms with E-state index in [0.29, 0.717) is 5.92 Å². The minimum Gasteiger partial charge on any atom is -0.448 e. The highest BCUT2D eigenvalue weighted by molar-refractivity contribution is 5.05. The maximum absolute atomic E-state index is 5.37. The predicted molar refractivity (Wildman–Crippen MR) is 46.1 cm³/mol. The van der Waals surface area contributed by atoms with Crippen molar-refractivity contribution in [2.75, 3.05) is 13.1 Å². The van der Waals surface area contributed by atoms with Gasteiger partial charge in [0.1, 0.15) is 6.26 Å². The van der Waals surface area contributed by atoms with Gasteiger partial charge in [-0.05, 0) is 6.42 Å². The van der Waals surface area contributed by atoms with Crippen molar-refractivity contribution in [3.63, 3.8) is 0 Å². The van der Waals surface area contributed by atoms with Crippen LogP contribution in [0.25, 0.3) is 0 Å². The number of aryl methyl sites for hydroxylation is 1. The molecule has 0 bridgehead atoms. The van der Waals surface area contributed by atoms with Crippen LogP contribution in [0.15, 0.2) is 10.7 Å². The summed E-state index contributed by atoms with van der Waals surface area (Å²) in [5.74, 6) is 1.44. The number of hydrogen-bond acceptors (Lipinski definition) is 3. The fraction of sp³-hybridized carbons (Fsp3) is 0.667. The van der Waals surface area contributed by atoms with Crippen LogP contribution < -0.4 is 5.32 Å². The molecule has 0 saturated carbocycles. The largest absolute Gasteiger partial charge is 0.448 e. The Balaban J connectivity index is 2.02. The molecular weight excluding hydrogens is 152 g/mol. The first-order valence-corrected chi connectivity index (χ1v) is 4.55. The number of rotatable bonds is 3. The first-order valence-electron chi connectivity index (χ1n) is 4.55. The van der Waals surface area contributed by atoms with Crippen molar-refractivity contribution < 1.29 is 4.42 Å². The van der Waals surface area contributed by atoms with Gasteiger partial charge < -0.3 is 9.73 Å². The summed E-state index contributed by atoms with van der Waals surface area (Å²) >= 11 is 0. The van der Waals surface area contributed by atoms with Crippen LogP contribution >= 0.6 is 0 Å². The highest BCUT2D eigenvalue weighted by Crippen LogP contribution is 2.19. The molecular formula is C9H14N2O. The summed E-state index contributed by atoms with van der Waals surface area (Å²) in [5.41, 5.74) is 1.10. The van der Waals surface area contributed by atoms with Gasteiger partial charge in [-0.2, -0.15) is 0 Å². The molecule has 1 aromatic heterocycles. The number of hydrogen-bond donors (Lipinski definition) is 1. The third kappa shape index (κ3) is 1.37. The molecule has 1 N–H and O–H groups in total. The summed E-state index contributed by atoms with van der Waals surface area (Å²) in [7, 11) is 0. The first kappa shape index (κ1) is 7.80. The van der Waals surface area contributed by atoms with Crippen LogP contribution in [-0.4, -0.2) is 18.1 Å². The number of nitrogens with zero attached hydrogens (tertiary/aromatic N) is 1. The Kier molecular flexibility index (Phi) is 2.13. The molecule has 0 aliphatic carbocycles. The lowest BCUT2D eigenvalue weighted by atomic mass is 10.0. The van der Waals surface area contributed by atoms with Gasteiger partial charge in [-0.25, -0.2) is 4.98 Å². The summed E-state index contributed by atoms with van der Waals surface area (Å²) in [4.78, 5) is 4.42. The molecule has 1 aromatic rings. The lowest BCUT2D eigenvalue weighted by Gasteiger charge is -2.23. The van der Waals surface area contributed by atoms with Crippen molar-refractivity contribution in [3.05, 3.63) is 17.8 Å². The van der Waals surface area contributed by atoms with Crippen LogP contribution in [0.4, 0.5) is 0 Å². The quantitative estimate of drug-likeness (QED) is 0.735. The molecule has 0 spiro atoms. The van der Waals surface area contributed by atoms with Crippen LogP contribution in [0.2, 0.25) is 0 Å². The minimum atomic E-state index is 0.524. The van der Waals surface area contributed by atoms with Crippen molar-refractivity contribution in [2.45, 2.75) is 25.7 Å². The van der Waals surface area contributed by atoms with Crippen molar-refractivity contribution >= 4 is 0 Å². The Morgan fingerprint density at radius 2 is 2.50 bits per heavy atom. The van der Waals surface area contributed by atoms with Crippen molar-refractivity contribution in [2.24, 2.45) is 0 Å². The SMILES string of the molecule is CCCc1coc(C2CNC2)n1. The summed E-state index contributed by atoms with van der Waals surface area (Å²) in [6.45, 7) is 4.19. The van der Waals surface area contributed by atoms with Crippen LogP contribution in [0.1, 0.15) is 30.8 Å². The summed E-state index contributed by atoms with van der Waals surface area (Å²) in [6.07, 6.45) is 3.95. The zero-order valence-corrected chi connectivity index (χ0v) is 7.34. The lowest BCUT2D eigenvalue weighted by Crippen LogP contribution is -2.40. The second-order valence-corrected chi connectivity index (χ2v) is 3.28. The highest BCUT2D eigenvalue weighted by Gasteiger charge is 2.23. The molecule has 0 unspecified atom stereocenters. The molecule has 0 aromatic carbocycles. The van der Waals surface area contributed by atoms with Crippen LogP contribution in [0, 0.1) is 0 Å².